The van der Waals surface area contributed by atoms with Crippen LogP contribution in [-0.4, -0.2) is 12.1 Å². The van der Waals surface area contributed by atoms with Crippen LogP contribution in [-0.2, 0) is 4.79 Å². The summed E-state index contributed by atoms with van der Waals surface area (Å²) in [7, 11) is 0. The summed E-state index contributed by atoms with van der Waals surface area (Å²) in [5, 5.41) is 12.6. The second-order valence-corrected chi connectivity index (χ2v) is 3.59. The van der Waals surface area contributed by atoms with Crippen LogP contribution in [0.1, 0.15) is 6.92 Å². The van der Waals surface area contributed by atoms with E-state index in [9.17, 15) is 9.90 Å². The molecule has 0 aromatic heterocycles. The van der Waals surface area contributed by atoms with Crippen molar-refractivity contribution in [1.82, 2.24) is 0 Å². The standard InChI is InChI=1S/C13H12O3.Na/c1-9(13(14)15)16-12-7-6-10-4-2-3-5-11(10)8-12;/h2-9H,1H3,(H,14,15);/q;+1/p-1/t9-;/m1./s1. The molecule has 4 heteroatoms. The molecule has 2 rings (SSSR count). The molecule has 0 aliphatic rings. The van der Waals surface area contributed by atoms with Crippen LogP contribution in [0.3, 0.4) is 0 Å². The molecular weight excluding hydrogens is 227 g/mol. The Hall–Kier alpha value is -1.03. The Labute approximate surface area is 122 Å². The number of aliphatic carboxylic acids is 1. The fraction of sp³-hybridized carbons (Fsp3) is 0.154. The van der Waals surface area contributed by atoms with Crippen molar-refractivity contribution in [3.63, 3.8) is 0 Å². The molecule has 0 spiro atoms. The van der Waals surface area contributed by atoms with E-state index in [1.54, 1.807) is 6.07 Å². The van der Waals surface area contributed by atoms with Gasteiger partial charge in [0.05, 0.1) is 5.97 Å². The van der Waals surface area contributed by atoms with Gasteiger partial charge < -0.3 is 14.6 Å². The molecule has 0 saturated heterocycles. The van der Waals surface area contributed by atoms with Crippen molar-refractivity contribution < 1.29 is 44.2 Å². The molecule has 0 amide bonds. The SMILES string of the molecule is C[C@@H](Oc1ccc2ccccc2c1)C(=O)[O-].[Na+]. The van der Waals surface area contributed by atoms with E-state index in [-0.39, 0.29) is 29.6 Å². The maximum Gasteiger partial charge on any atom is 1.00 e. The summed E-state index contributed by atoms with van der Waals surface area (Å²) in [4.78, 5) is 10.5. The molecule has 17 heavy (non-hydrogen) atoms. The summed E-state index contributed by atoms with van der Waals surface area (Å²) in [5.74, 6) is -0.677. The molecule has 0 radical (unpaired) electrons. The largest absolute Gasteiger partial charge is 1.00 e. The molecule has 0 aliphatic heterocycles. The molecule has 2 aromatic rings. The van der Waals surface area contributed by atoms with Gasteiger partial charge in [0.15, 0.2) is 0 Å². The first-order chi connectivity index (χ1) is 7.66. The third-order valence-electron chi connectivity index (χ3n) is 2.37. The first-order valence-corrected chi connectivity index (χ1v) is 5.03. The van der Waals surface area contributed by atoms with Gasteiger partial charge in [0.2, 0.25) is 0 Å². The number of hydrogen-bond donors (Lipinski definition) is 0. The Morgan fingerprint density at radius 2 is 1.82 bits per heavy atom. The maximum atomic E-state index is 10.5. The molecular formula is C13H11NaO3. The Morgan fingerprint density at radius 3 is 2.47 bits per heavy atom. The fourth-order valence-electron chi connectivity index (χ4n) is 1.49. The first-order valence-electron chi connectivity index (χ1n) is 5.03. The van der Waals surface area contributed by atoms with Gasteiger partial charge in [-0.2, -0.15) is 0 Å². The Balaban J connectivity index is 0.00000144. The number of rotatable bonds is 3. The van der Waals surface area contributed by atoms with E-state index in [1.165, 1.54) is 6.92 Å². The van der Waals surface area contributed by atoms with Gasteiger partial charge in [-0.25, -0.2) is 0 Å². The second-order valence-electron chi connectivity index (χ2n) is 3.59. The minimum atomic E-state index is -1.21. The molecule has 0 heterocycles. The monoisotopic (exact) mass is 238 g/mol. The Bertz CT molecular complexity index is 525. The minimum absolute atomic E-state index is 0. The molecule has 0 N–H and O–H groups in total. The second kappa shape index (κ2) is 6.05. The van der Waals surface area contributed by atoms with Crippen molar-refractivity contribution in [2.45, 2.75) is 13.0 Å². The topological polar surface area (TPSA) is 49.4 Å². The molecule has 0 bridgehead atoms. The number of hydrogen-bond acceptors (Lipinski definition) is 3. The summed E-state index contributed by atoms with van der Waals surface area (Å²) in [5.41, 5.74) is 0. The number of carbonyl (C=O) groups excluding carboxylic acids is 1. The average molecular weight is 238 g/mol. The number of carboxylic acids is 1. The van der Waals surface area contributed by atoms with Gasteiger partial charge in [-0.05, 0) is 29.8 Å². The van der Waals surface area contributed by atoms with Crippen LogP contribution in [0.15, 0.2) is 42.5 Å². The van der Waals surface area contributed by atoms with Gasteiger partial charge >= 0.3 is 29.6 Å². The zero-order chi connectivity index (χ0) is 11.5. The number of fused-ring (bicyclic) bond motifs is 1. The van der Waals surface area contributed by atoms with E-state index in [4.69, 9.17) is 4.74 Å². The van der Waals surface area contributed by atoms with Crippen molar-refractivity contribution in [1.29, 1.82) is 0 Å². The van der Waals surface area contributed by atoms with Crippen LogP contribution in [0.2, 0.25) is 0 Å². The van der Waals surface area contributed by atoms with Crippen molar-refractivity contribution >= 4 is 16.7 Å². The zero-order valence-electron chi connectivity index (χ0n) is 9.84. The van der Waals surface area contributed by atoms with Gasteiger partial charge in [-0.1, -0.05) is 30.3 Å². The summed E-state index contributed by atoms with van der Waals surface area (Å²) >= 11 is 0. The summed E-state index contributed by atoms with van der Waals surface area (Å²) < 4.78 is 5.22. The summed E-state index contributed by atoms with van der Waals surface area (Å²) in [6.45, 7) is 1.45. The summed E-state index contributed by atoms with van der Waals surface area (Å²) in [6, 6.07) is 13.3. The number of carboxylic acid groups (broad SMARTS) is 1. The van der Waals surface area contributed by atoms with Crippen LogP contribution >= 0.6 is 0 Å². The van der Waals surface area contributed by atoms with E-state index in [2.05, 4.69) is 0 Å². The smallest absolute Gasteiger partial charge is 0.546 e. The minimum Gasteiger partial charge on any atom is -0.546 e. The van der Waals surface area contributed by atoms with Gasteiger partial charge in [0.25, 0.3) is 0 Å². The Morgan fingerprint density at radius 1 is 1.18 bits per heavy atom. The van der Waals surface area contributed by atoms with Crippen molar-refractivity contribution in [2.75, 3.05) is 0 Å². The first kappa shape index (κ1) is 14.0. The van der Waals surface area contributed by atoms with Crippen molar-refractivity contribution in [3.05, 3.63) is 42.5 Å². The van der Waals surface area contributed by atoms with E-state index in [1.807, 2.05) is 36.4 Å². The van der Waals surface area contributed by atoms with Crippen molar-refractivity contribution in [3.8, 4) is 5.75 Å². The van der Waals surface area contributed by atoms with Crippen LogP contribution in [0, 0.1) is 0 Å². The van der Waals surface area contributed by atoms with E-state index in [0.29, 0.717) is 5.75 Å². The van der Waals surface area contributed by atoms with Gasteiger partial charge in [-0.3, -0.25) is 0 Å². The summed E-state index contributed by atoms with van der Waals surface area (Å²) in [6.07, 6.45) is -0.943. The number of benzene rings is 2. The van der Waals surface area contributed by atoms with E-state index >= 15 is 0 Å². The molecule has 0 aliphatic carbocycles. The normalized spacial score (nSPS) is 11.6. The number of ether oxygens (including phenoxy) is 1. The van der Waals surface area contributed by atoms with Crippen LogP contribution < -0.4 is 39.4 Å². The van der Waals surface area contributed by atoms with E-state index < -0.39 is 12.1 Å². The van der Waals surface area contributed by atoms with Crippen molar-refractivity contribution in [2.24, 2.45) is 0 Å². The van der Waals surface area contributed by atoms with E-state index in [0.717, 1.165) is 10.8 Å². The molecule has 0 fully saturated rings. The van der Waals surface area contributed by atoms with Gasteiger partial charge in [0.1, 0.15) is 11.9 Å². The molecule has 1 atom stereocenters. The van der Waals surface area contributed by atoms with Crippen LogP contribution in [0.4, 0.5) is 0 Å². The third kappa shape index (κ3) is 3.46. The molecule has 2 aromatic carbocycles. The molecule has 0 unspecified atom stereocenters. The third-order valence-corrected chi connectivity index (χ3v) is 2.37. The van der Waals surface area contributed by atoms with Gasteiger partial charge in [0, 0.05) is 0 Å². The zero-order valence-corrected chi connectivity index (χ0v) is 11.8. The fourth-order valence-corrected chi connectivity index (χ4v) is 1.49. The maximum absolute atomic E-state index is 10.5. The predicted octanol–water partition coefficient (Wildman–Crippen LogP) is -1.64. The van der Waals surface area contributed by atoms with Crippen LogP contribution in [0.25, 0.3) is 10.8 Å². The number of carbonyl (C=O) groups is 1. The average Bonchev–Trinajstić information content (AvgIpc) is 2.28. The van der Waals surface area contributed by atoms with Crippen LogP contribution in [0.5, 0.6) is 5.75 Å². The molecule has 3 nitrogen and oxygen atoms in total. The predicted molar refractivity (Wildman–Crippen MR) is 59.0 cm³/mol. The van der Waals surface area contributed by atoms with Gasteiger partial charge in [-0.15, -0.1) is 0 Å². The quantitative estimate of drug-likeness (QED) is 0.603. The molecule has 0 saturated carbocycles. The molecule has 82 valence electrons. The Kier molecular flexibility index (Phi) is 5.00.